The van der Waals surface area contributed by atoms with Crippen LogP contribution < -0.4 is 21.3 Å². The van der Waals surface area contributed by atoms with Crippen LogP contribution >= 0.6 is 0 Å². The van der Waals surface area contributed by atoms with Crippen LogP contribution in [-0.4, -0.2) is 241 Å². The largest absolute Gasteiger partial charge is 0.469 e. The summed E-state index contributed by atoms with van der Waals surface area (Å²) in [6, 6.07) is -12.8. The lowest BCUT2D eigenvalue weighted by atomic mass is 9.90. The molecule has 1 aliphatic heterocycles. The van der Waals surface area contributed by atoms with Crippen molar-refractivity contribution < 1.29 is 71.8 Å². The van der Waals surface area contributed by atoms with Crippen molar-refractivity contribution in [1.82, 2.24) is 55.6 Å². The van der Waals surface area contributed by atoms with E-state index >= 15 is 19.2 Å². The van der Waals surface area contributed by atoms with Gasteiger partial charge in [-0.05, 0) is 107 Å². The summed E-state index contributed by atoms with van der Waals surface area (Å²) in [5.74, 6) is -11.5. The zero-order chi connectivity index (χ0) is 72.0. The highest BCUT2D eigenvalue weighted by molar-refractivity contribution is 5.99. The van der Waals surface area contributed by atoms with Crippen molar-refractivity contribution in [3.05, 3.63) is 0 Å². The van der Waals surface area contributed by atoms with Gasteiger partial charge in [0.2, 0.25) is 65.0 Å². The van der Waals surface area contributed by atoms with Crippen molar-refractivity contribution in [2.75, 3.05) is 63.0 Å². The number of hydrogen-bond acceptors (Lipinski definition) is 15. The van der Waals surface area contributed by atoms with E-state index in [-0.39, 0.29) is 75.0 Å². The van der Waals surface area contributed by atoms with E-state index in [0.717, 1.165) is 16.7 Å². The molecule has 26 nitrogen and oxygen atoms in total. The van der Waals surface area contributed by atoms with Gasteiger partial charge >= 0.3 is 11.9 Å². The highest BCUT2D eigenvalue weighted by Crippen LogP contribution is 2.28. The smallest absolute Gasteiger partial charge is 0.305 e. The van der Waals surface area contributed by atoms with Gasteiger partial charge in [0, 0.05) is 62.7 Å². The van der Waals surface area contributed by atoms with Gasteiger partial charge in [-0.25, -0.2) is 0 Å². The van der Waals surface area contributed by atoms with Crippen LogP contribution in [0.25, 0.3) is 0 Å². The Morgan fingerprint density at radius 3 is 1.43 bits per heavy atom. The summed E-state index contributed by atoms with van der Waals surface area (Å²) >= 11 is 0. The SMILES string of the molecule is CCC[C@@H]1NC(=O)[C@H]([C@H](OC(C)=O)[C@H](C)CCCC(=O)OC)N(C)C(=O)[C@H](C(C)C)N(C)C(=O)[C@H](CC(C)C)N(C)C(=O)[C@H](CC(C)C)N(C)C(=O)[C@H](C)NC(=O)[C@@H](C)NC(=O)[C@@H](CCC(C)C)N(C)C(=O)[C@@H](C(C)C)NC(=O)[C@H](CC(C)C)N(C)C(=O)CN(C)C1=O. The predicted molar refractivity (Wildman–Crippen MR) is 354 cm³/mol. The summed E-state index contributed by atoms with van der Waals surface area (Å²) < 4.78 is 10.8. The Hall–Kier alpha value is -6.89. The molecule has 93 heavy (non-hydrogen) atoms. The fraction of sp³-hybridized carbons (Fsp3) is 0.806. The molecular formula is C67H119N11O15. The first-order valence-corrected chi connectivity index (χ1v) is 33.3. The maximum Gasteiger partial charge on any atom is 0.305 e. The van der Waals surface area contributed by atoms with Crippen LogP contribution in [0.15, 0.2) is 0 Å². The molecule has 11 amide bonds. The lowest BCUT2D eigenvalue weighted by Gasteiger charge is -2.42. The summed E-state index contributed by atoms with van der Waals surface area (Å²) in [4.78, 5) is 197. The van der Waals surface area contributed by atoms with Gasteiger partial charge in [0.1, 0.15) is 66.5 Å². The lowest BCUT2D eigenvalue weighted by molar-refractivity contribution is -0.164. The van der Waals surface area contributed by atoms with Gasteiger partial charge in [-0.2, -0.15) is 0 Å². The molecule has 1 rings (SSSR count). The molecular weight excluding hydrogens is 1200 g/mol. The zero-order valence-corrected chi connectivity index (χ0v) is 60.9. The molecule has 1 heterocycles. The molecule has 0 saturated carbocycles. The highest BCUT2D eigenvalue weighted by Gasteiger charge is 2.47. The molecule has 12 atom stereocenters. The average molecular weight is 1320 g/mol. The summed E-state index contributed by atoms with van der Waals surface area (Å²) in [7, 11) is 11.0. The third kappa shape index (κ3) is 25.1. The van der Waals surface area contributed by atoms with E-state index in [1.54, 1.807) is 41.5 Å². The van der Waals surface area contributed by atoms with Crippen LogP contribution in [0.3, 0.4) is 0 Å². The molecule has 1 saturated heterocycles. The predicted octanol–water partition coefficient (Wildman–Crippen LogP) is 4.00. The average Bonchev–Trinajstić information content (AvgIpc) is 0.818. The Kier molecular flexibility index (Phi) is 35.4. The second-order valence-electron chi connectivity index (χ2n) is 28.1. The number of esters is 2. The maximum absolute atomic E-state index is 15.5. The van der Waals surface area contributed by atoms with E-state index in [9.17, 15) is 43.2 Å². The Bertz CT molecular complexity index is 2560. The molecule has 0 aliphatic carbocycles. The number of carbonyl (C=O) groups excluding carboxylic acids is 13. The van der Waals surface area contributed by atoms with E-state index < -0.39 is 168 Å². The highest BCUT2D eigenvalue weighted by atomic mass is 16.5. The number of carbonyl (C=O) groups is 13. The monoisotopic (exact) mass is 1320 g/mol. The number of methoxy groups -OCH3 is 1. The van der Waals surface area contributed by atoms with Crippen LogP contribution in [-0.2, 0) is 71.8 Å². The molecule has 26 heteroatoms. The quantitative estimate of drug-likeness (QED) is 0.125. The molecule has 0 bridgehead atoms. The second kappa shape index (κ2) is 39.1. The number of nitrogens with one attached hydrogen (secondary N) is 4. The molecule has 0 aromatic rings. The summed E-state index contributed by atoms with van der Waals surface area (Å²) in [6.07, 6.45) is 0.324. The number of rotatable bonds is 20. The molecule has 4 N–H and O–H groups in total. The Balaban J connectivity index is 4.51. The fourth-order valence-corrected chi connectivity index (χ4v) is 11.7. The van der Waals surface area contributed by atoms with Crippen LogP contribution in [0.2, 0.25) is 0 Å². The van der Waals surface area contributed by atoms with E-state index in [1.807, 2.05) is 55.4 Å². The van der Waals surface area contributed by atoms with Crippen LogP contribution in [0.1, 0.15) is 182 Å². The van der Waals surface area contributed by atoms with E-state index in [2.05, 4.69) is 21.3 Å². The normalized spacial score (nSPS) is 25.4. The standard InChI is InChI=1S/C67H119N11O15/c1-26-28-47-63(87)72(18)36-52(80)73(19)49(33-38(4)5)60(84)71-54(41(10)11)66(90)74(20)48(32-31-37(2)3)59(83)68-44(15)58(82)69-45(16)62(86)75(21)50(34-39(6)7)64(88)76(22)51(35-40(8)9)65(89)77(23)55(42(12)13)67(91)78(24)56(61(85)70-47)57(93-46(17)79)43(14)29-27-30-53(81)92-25/h37-45,47-51,54-57H,26-36H2,1-25H3,(H,68,83)(H,69,82)(H,70,85)(H,71,84)/t43-,44-,45+,47+,48-,49+,50+,51+,54-,55+,56+,57-/m1/s1. The maximum atomic E-state index is 15.5. The fourth-order valence-electron chi connectivity index (χ4n) is 11.7. The molecule has 1 fully saturated rings. The first kappa shape index (κ1) is 84.1. The summed E-state index contributed by atoms with van der Waals surface area (Å²) in [5, 5.41) is 11.1. The second-order valence-corrected chi connectivity index (χ2v) is 28.1. The number of nitrogens with zero attached hydrogens (tertiary/aromatic N) is 7. The molecule has 0 spiro atoms. The number of likely N-dealkylation sites (N-methyl/N-ethyl adjacent to an activating group) is 7. The minimum Gasteiger partial charge on any atom is -0.469 e. The third-order valence-corrected chi connectivity index (χ3v) is 17.4. The van der Waals surface area contributed by atoms with Gasteiger partial charge < -0.3 is 65.0 Å². The Morgan fingerprint density at radius 1 is 0.484 bits per heavy atom. The van der Waals surface area contributed by atoms with Gasteiger partial charge in [-0.3, -0.25) is 62.3 Å². The third-order valence-electron chi connectivity index (χ3n) is 17.4. The van der Waals surface area contributed by atoms with E-state index in [1.165, 1.54) is 94.8 Å². The lowest BCUT2D eigenvalue weighted by Crippen LogP contribution is -2.64. The topological polar surface area (TPSA) is 311 Å². The van der Waals surface area contributed by atoms with Gasteiger partial charge in [0.05, 0.1) is 13.7 Å². The number of hydrogen-bond donors (Lipinski definition) is 4. The van der Waals surface area contributed by atoms with Crippen molar-refractivity contribution in [2.45, 2.75) is 248 Å². The first-order chi connectivity index (χ1) is 43.0. The number of ether oxygens (including phenoxy) is 2. The minimum atomic E-state index is -1.70. The van der Waals surface area contributed by atoms with Crippen molar-refractivity contribution >= 4 is 76.9 Å². The van der Waals surface area contributed by atoms with Crippen molar-refractivity contribution in [2.24, 2.45) is 41.4 Å². The molecule has 0 aromatic carbocycles. The Labute approximate surface area is 555 Å². The van der Waals surface area contributed by atoms with Gasteiger partial charge in [-0.1, -0.05) is 103 Å². The van der Waals surface area contributed by atoms with Gasteiger partial charge in [0.15, 0.2) is 0 Å². The van der Waals surface area contributed by atoms with Crippen molar-refractivity contribution in [3.63, 3.8) is 0 Å². The van der Waals surface area contributed by atoms with Crippen molar-refractivity contribution in [1.29, 1.82) is 0 Å². The van der Waals surface area contributed by atoms with E-state index in [0.29, 0.717) is 12.8 Å². The molecule has 1 aliphatic rings. The first-order valence-electron chi connectivity index (χ1n) is 33.3. The molecule has 0 radical (unpaired) electrons. The van der Waals surface area contributed by atoms with Gasteiger partial charge in [0.25, 0.3) is 0 Å². The zero-order valence-electron chi connectivity index (χ0n) is 60.9. The van der Waals surface area contributed by atoms with Crippen LogP contribution in [0, 0.1) is 41.4 Å². The summed E-state index contributed by atoms with van der Waals surface area (Å²) in [6.45, 7) is 28.7. The van der Waals surface area contributed by atoms with Gasteiger partial charge in [-0.15, -0.1) is 0 Å². The summed E-state index contributed by atoms with van der Waals surface area (Å²) in [5.41, 5.74) is 0. The molecule has 532 valence electrons. The van der Waals surface area contributed by atoms with E-state index in [4.69, 9.17) is 9.47 Å². The van der Waals surface area contributed by atoms with Crippen LogP contribution in [0.5, 0.6) is 0 Å². The Morgan fingerprint density at radius 2 is 0.957 bits per heavy atom. The minimum absolute atomic E-state index is 0.0241. The van der Waals surface area contributed by atoms with Crippen LogP contribution in [0.4, 0.5) is 0 Å². The number of amides is 11. The molecule has 0 aromatic heterocycles. The van der Waals surface area contributed by atoms with Crippen molar-refractivity contribution in [3.8, 4) is 0 Å². The molecule has 0 unspecified atom stereocenters.